The molecule has 3 heterocycles. The summed E-state index contributed by atoms with van der Waals surface area (Å²) in [7, 11) is 1.51. The van der Waals surface area contributed by atoms with Gasteiger partial charge in [0.1, 0.15) is 17.3 Å². The van der Waals surface area contributed by atoms with Gasteiger partial charge in [0, 0.05) is 47.6 Å². The van der Waals surface area contributed by atoms with Gasteiger partial charge in [-0.2, -0.15) is 5.10 Å². The molecular weight excluding hydrogens is 525 g/mol. The number of halogens is 1. The Morgan fingerprint density at radius 2 is 1.98 bits per heavy atom. The number of carbonyl (C=O) groups excluding carboxylic acids is 3. The zero-order valence-corrected chi connectivity index (χ0v) is 22.8. The van der Waals surface area contributed by atoms with Crippen LogP contribution in [-0.4, -0.2) is 50.9 Å². The predicted molar refractivity (Wildman–Crippen MR) is 152 cm³/mol. The topological polar surface area (TPSA) is 109 Å². The van der Waals surface area contributed by atoms with Gasteiger partial charge in [0.05, 0.1) is 20.2 Å². The number of nitrogens with one attached hydrogen (secondary N) is 2. The van der Waals surface area contributed by atoms with Crippen LogP contribution in [0.2, 0.25) is 0 Å². The molecule has 0 spiro atoms. The van der Waals surface area contributed by atoms with Gasteiger partial charge in [0.25, 0.3) is 11.8 Å². The average molecular weight is 556 g/mol. The molecule has 9 nitrogen and oxygen atoms in total. The molecular formula is C31H30FN5O4. The number of ether oxygens (including phenoxy) is 1. The SMILES string of the molecule is C=CC(=O)Cc1cc(NC(=O)c2nn(Cc3ccc(F)cc3)c3c2CN(C(=O)c2ccc[nH]2)C[C@H]3C)ccc1OC. The van der Waals surface area contributed by atoms with Gasteiger partial charge in [0.15, 0.2) is 11.5 Å². The van der Waals surface area contributed by atoms with Gasteiger partial charge in [-0.05, 0) is 54.1 Å². The third kappa shape index (κ3) is 5.81. The van der Waals surface area contributed by atoms with Crippen LogP contribution in [0.25, 0.3) is 0 Å². The van der Waals surface area contributed by atoms with Gasteiger partial charge in [-0.15, -0.1) is 0 Å². The fraction of sp³-hybridized carbons (Fsp3) is 0.226. The molecule has 2 aromatic carbocycles. The first-order chi connectivity index (χ1) is 19.8. The second-order valence-corrected chi connectivity index (χ2v) is 9.99. The molecule has 0 unspecified atom stereocenters. The third-order valence-corrected chi connectivity index (χ3v) is 7.11. The van der Waals surface area contributed by atoms with Crippen LogP contribution in [-0.2, 0) is 24.3 Å². The molecule has 1 atom stereocenters. The zero-order valence-electron chi connectivity index (χ0n) is 22.8. The van der Waals surface area contributed by atoms with Crippen molar-refractivity contribution in [2.75, 3.05) is 19.0 Å². The molecule has 2 amide bonds. The molecule has 41 heavy (non-hydrogen) atoms. The Labute approximate surface area is 236 Å². The van der Waals surface area contributed by atoms with Gasteiger partial charge in [-0.1, -0.05) is 25.6 Å². The van der Waals surface area contributed by atoms with E-state index in [0.717, 1.165) is 11.3 Å². The minimum absolute atomic E-state index is 0.0748. The van der Waals surface area contributed by atoms with Crippen molar-refractivity contribution >= 4 is 23.3 Å². The second-order valence-electron chi connectivity index (χ2n) is 9.99. The summed E-state index contributed by atoms with van der Waals surface area (Å²) in [5, 5.41) is 7.60. The monoisotopic (exact) mass is 555 g/mol. The molecule has 0 fully saturated rings. The van der Waals surface area contributed by atoms with Crippen LogP contribution < -0.4 is 10.1 Å². The van der Waals surface area contributed by atoms with Gasteiger partial charge < -0.3 is 19.9 Å². The number of carbonyl (C=O) groups is 3. The van der Waals surface area contributed by atoms with Gasteiger partial charge in [-0.3, -0.25) is 19.1 Å². The van der Waals surface area contributed by atoms with Gasteiger partial charge >= 0.3 is 0 Å². The first kappa shape index (κ1) is 27.6. The van der Waals surface area contributed by atoms with Crippen LogP contribution in [0.15, 0.2) is 73.4 Å². The maximum atomic E-state index is 13.7. The number of hydrogen-bond donors (Lipinski definition) is 2. The first-order valence-corrected chi connectivity index (χ1v) is 13.2. The van der Waals surface area contributed by atoms with Crippen molar-refractivity contribution < 1.29 is 23.5 Å². The number of aromatic amines is 1. The summed E-state index contributed by atoms with van der Waals surface area (Å²) in [6.07, 6.45) is 3.01. The van der Waals surface area contributed by atoms with Crippen molar-refractivity contribution in [1.29, 1.82) is 0 Å². The number of anilines is 1. The van der Waals surface area contributed by atoms with Crippen LogP contribution in [0, 0.1) is 5.82 Å². The Balaban J connectivity index is 1.50. The number of fused-ring (bicyclic) bond motifs is 1. The van der Waals surface area contributed by atoms with E-state index in [9.17, 15) is 18.8 Å². The summed E-state index contributed by atoms with van der Waals surface area (Å²) >= 11 is 0. The third-order valence-electron chi connectivity index (χ3n) is 7.11. The number of amides is 2. The average Bonchev–Trinajstić information content (AvgIpc) is 3.63. The lowest BCUT2D eigenvalue weighted by Crippen LogP contribution is -2.38. The Kier molecular flexibility index (Phi) is 7.82. The molecule has 1 aliphatic rings. The van der Waals surface area contributed by atoms with E-state index in [4.69, 9.17) is 9.84 Å². The molecule has 2 N–H and O–H groups in total. The molecule has 4 aromatic rings. The second kappa shape index (κ2) is 11.6. The lowest BCUT2D eigenvalue weighted by atomic mass is 9.95. The van der Waals surface area contributed by atoms with E-state index in [1.165, 1.54) is 25.3 Å². The maximum Gasteiger partial charge on any atom is 0.276 e. The Morgan fingerprint density at radius 1 is 1.20 bits per heavy atom. The molecule has 2 aromatic heterocycles. The standard InChI is InChI=1S/C31H30FN5O4/c1-4-24(38)15-21-14-23(11-12-27(21)41-3)34-30(39)28-25-18-36(31(40)26-6-5-13-33-26)16-19(2)29(25)37(35-28)17-20-7-9-22(32)10-8-20/h4-14,19,33H,1,15-18H2,2-3H3,(H,34,39)/t19-/m1/s1. The van der Waals surface area contributed by atoms with Crippen LogP contribution in [0.5, 0.6) is 5.75 Å². The van der Waals surface area contributed by atoms with Crippen molar-refractivity contribution in [3.8, 4) is 5.75 Å². The molecule has 210 valence electrons. The number of rotatable bonds is 9. The number of H-pyrrole nitrogens is 1. The number of aromatic nitrogens is 3. The van der Waals surface area contributed by atoms with Crippen LogP contribution in [0.1, 0.15) is 56.2 Å². The highest BCUT2D eigenvalue weighted by atomic mass is 19.1. The van der Waals surface area contributed by atoms with Crippen molar-refractivity contribution in [1.82, 2.24) is 19.7 Å². The minimum atomic E-state index is -0.452. The lowest BCUT2D eigenvalue weighted by Gasteiger charge is -2.32. The predicted octanol–water partition coefficient (Wildman–Crippen LogP) is 4.72. The highest BCUT2D eigenvalue weighted by molar-refractivity contribution is 6.04. The molecule has 0 aliphatic carbocycles. The van der Waals surface area contributed by atoms with E-state index in [-0.39, 0.29) is 42.1 Å². The first-order valence-electron chi connectivity index (χ1n) is 13.2. The number of allylic oxidation sites excluding steroid dienone is 1. The lowest BCUT2D eigenvalue weighted by molar-refractivity contribution is -0.114. The van der Waals surface area contributed by atoms with Gasteiger partial charge in [0.2, 0.25) is 0 Å². The van der Waals surface area contributed by atoms with E-state index < -0.39 is 5.91 Å². The van der Waals surface area contributed by atoms with E-state index >= 15 is 0 Å². The molecule has 10 heteroatoms. The fourth-order valence-corrected chi connectivity index (χ4v) is 5.19. The summed E-state index contributed by atoms with van der Waals surface area (Å²) in [5.74, 6) is -0.738. The fourth-order valence-electron chi connectivity index (χ4n) is 5.19. The van der Waals surface area contributed by atoms with Crippen molar-refractivity contribution in [3.05, 3.63) is 113 Å². The molecule has 1 aliphatic heterocycles. The van der Waals surface area contributed by atoms with E-state index in [0.29, 0.717) is 41.3 Å². The zero-order chi connectivity index (χ0) is 29.1. The summed E-state index contributed by atoms with van der Waals surface area (Å²) in [4.78, 5) is 43.6. The highest BCUT2D eigenvalue weighted by Gasteiger charge is 2.34. The normalized spacial score (nSPS) is 14.3. The Bertz CT molecular complexity index is 1610. The number of benzene rings is 2. The van der Waals surface area contributed by atoms with Crippen molar-refractivity contribution in [2.45, 2.75) is 32.4 Å². The minimum Gasteiger partial charge on any atom is -0.496 e. The Morgan fingerprint density at radius 3 is 2.66 bits per heavy atom. The van der Waals surface area contributed by atoms with Crippen LogP contribution >= 0.6 is 0 Å². The maximum absolute atomic E-state index is 13.7. The number of nitrogens with zero attached hydrogens (tertiary/aromatic N) is 3. The van der Waals surface area contributed by atoms with E-state index in [1.54, 1.807) is 58.2 Å². The summed E-state index contributed by atoms with van der Waals surface area (Å²) in [6.45, 7) is 6.49. The summed E-state index contributed by atoms with van der Waals surface area (Å²) < 4.78 is 20.7. The van der Waals surface area contributed by atoms with Gasteiger partial charge in [-0.25, -0.2) is 4.39 Å². The van der Waals surface area contributed by atoms with Crippen LogP contribution in [0.3, 0.4) is 0 Å². The largest absolute Gasteiger partial charge is 0.496 e. The summed E-state index contributed by atoms with van der Waals surface area (Å²) in [5.41, 5.74) is 4.05. The van der Waals surface area contributed by atoms with E-state index in [2.05, 4.69) is 16.9 Å². The molecule has 0 saturated carbocycles. The molecule has 0 saturated heterocycles. The number of ketones is 1. The number of hydrogen-bond acceptors (Lipinski definition) is 5. The molecule has 5 rings (SSSR count). The smallest absolute Gasteiger partial charge is 0.276 e. The van der Waals surface area contributed by atoms with E-state index in [1.807, 2.05) is 6.92 Å². The van der Waals surface area contributed by atoms with Crippen molar-refractivity contribution in [2.24, 2.45) is 0 Å². The van der Waals surface area contributed by atoms with Crippen molar-refractivity contribution in [3.63, 3.8) is 0 Å². The Hall–Kier alpha value is -4.99. The molecule has 0 bridgehead atoms. The summed E-state index contributed by atoms with van der Waals surface area (Å²) in [6, 6.07) is 14.7. The highest BCUT2D eigenvalue weighted by Crippen LogP contribution is 2.33. The molecule has 0 radical (unpaired) electrons. The number of methoxy groups -OCH3 is 1. The van der Waals surface area contributed by atoms with Crippen LogP contribution in [0.4, 0.5) is 10.1 Å². The quantitative estimate of drug-likeness (QED) is 0.291.